The van der Waals surface area contributed by atoms with Gasteiger partial charge in [-0.15, -0.1) is 0 Å². The summed E-state index contributed by atoms with van der Waals surface area (Å²) in [5, 5.41) is 11.9. The topological polar surface area (TPSA) is 69.6 Å². The first-order valence-corrected chi connectivity index (χ1v) is 6.75. The number of carbonyl (C=O) groups excluding carboxylic acids is 1. The first-order chi connectivity index (χ1) is 9.36. The van der Waals surface area contributed by atoms with E-state index in [4.69, 9.17) is 0 Å². The van der Waals surface area contributed by atoms with Crippen LogP contribution < -0.4 is 5.32 Å². The molecule has 1 aromatic rings. The van der Waals surface area contributed by atoms with Gasteiger partial charge < -0.3 is 15.3 Å². The summed E-state index contributed by atoms with van der Waals surface area (Å²) in [4.78, 5) is 25.1. The number of para-hydroxylation sites is 1. The smallest absolute Gasteiger partial charge is 0.337 e. The molecule has 0 aliphatic heterocycles. The Morgan fingerprint density at radius 2 is 2.00 bits per heavy atom. The van der Waals surface area contributed by atoms with Crippen molar-refractivity contribution < 1.29 is 14.7 Å². The number of carboxylic acids is 1. The number of urea groups is 1. The maximum absolute atomic E-state index is 12.2. The quantitative estimate of drug-likeness (QED) is 0.869. The summed E-state index contributed by atoms with van der Waals surface area (Å²) < 4.78 is 0. The lowest BCUT2D eigenvalue weighted by Gasteiger charge is -2.24. The van der Waals surface area contributed by atoms with Crippen LogP contribution in [0.3, 0.4) is 0 Å². The van der Waals surface area contributed by atoms with E-state index in [1.165, 1.54) is 6.07 Å². The maximum Gasteiger partial charge on any atom is 0.337 e. The number of nitrogens with zero attached hydrogens (tertiary/aromatic N) is 1. The van der Waals surface area contributed by atoms with Crippen molar-refractivity contribution in [2.45, 2.75) is 27.7 Å². The molecule has 0 aliphatic carbocycles. The van der Waals surface area contributed by atoms with Crippen LogP contribution >= 0.6 is 0 Å². The van der Waals surface area contributed by atoms with Crippen LogP contribution in [0.4, 0.5) is 10.5 Å². The molecule has 5 heteroatoms. The Kier molecular flexibility index (Phi) is 5.55. The first-order valence-electron chi connectivity index (χ1n) is 6.75. The molecular formula is C15H22N2O3. The van der Waals surface area contributed by atoms with Gasteiger partial charge in [-0.2, -0.15) is 0 Å². The Morgan fingerprint density at radius 1 is 1.35 bits per heavy atom. The van der Waals surface area contributed by atoms with Gasteiger partial charge in [0.1, 0.15) is 0 Å². The molecule has 1 aromatic carbocycles. The number of hydrogen-bond acceptors (Lipinski definition) is 2. The number of anilines is 1. The lowest BCUT2D eigenvalue weighted by Crippen LogP contribution is -2.37. The second-order valence-corrected chi connectivity index (χ2v) is 5.17. The zero-order valence-corrected chi connectivity index (χ0v) is 12.4. The van der Waals surface area contributed by atoms with Gasteiger partial charge in [0.25, 0.3) is 0 Å². The zero-order valence-electron chi connectivity index (χ0n) is 12.4. The minimum absolute atomic E-state index is 0.110. The van der Waals surface area contributed by atoms with Crippen molar-refractivity contribution in [3.8, 4) is 0 Å². The largest absolute Gasteiger partial charge is 0.478 e. The highest BCUT2D eigenvalue weighted by molar-refractivity contribution is 6.00. The highest BCUT2D eigenvalue weighted by Crippen LogP contribution is 2.21. The van der Waals surface area contributed by atoms with Gasteiger partial charge in [-0.3, -0.25) is 0 Å². The minimum Gasteiger partial charge on any atom is -0.478 e. The third kappa shape index (κ3) is 3.98. The van der Waals surface area contributed by atoms with Gasteiger partial charge in [0.15, 0.2) is 0 Å². The predicted molar refractivity (Wildman–Crippen MR) is 79.2 cm³/mol. The van der Waals surface area contributed by atoms with E-state index in [0.29, 0.717) is 24.7 Å². The predicted octanol–water partition coefficient (Wildman–Crippen LogP) is 3.20. The highest BCUT2D eigenvalue weighted by Gasteiger charge is 2.18. The van der Waals surface area contributed by atoms with E-state index in [0.717, 1.165) is 5.56 Å². The van der Waals surface area contributed by atoms with Crippen LogP contribution in [0.25, 0.3) is 0 Å². The number of rotatable bonds is 5. The lowest BCUT2D eigenvalue weighted by molar-refractivity contribution is 0.0698. The molecule has 0 saturated carbocycles. The number of aromatic carboxylic acids is 1. The Morgan fingerprint density at radius 3 is 2.50 bits per heavy atom. The second kappa shape index (κ2) is 6.93. The van der Waals surface area contributed by atoms with Gasteiger partial charge in [0.2, 0.25) is 0 Å². The summed E-state index contributed by atoms with van der Waals surface area (Å²) in [5.74, 6) is -0.688. The van der Waals surface area contributed by atoms with E-state index in [9.17, 15) is 14.7 Å². The van der Waals surface area contributed by atoms with E-state index in [-0.39, 0.29) is 11.6 Å². The van der Waals surface area contributed by atoms with Crippen molar-refractivity contribution in [1.29, 1.82) is 0 Å². The molecule has 0 heterocycles. The number of hydrogen-bond donors (Lipinski definition) is 2. The molecule has 0 spiro atoms. The van der Waals surface area contributed by atoms with Crippen molar-refractivity contribution in [3.05, 3.63) is 29.3 Å². The SMILES string of the molecule is CCN(CC(C)C)C(=O)Nc1c(C)cccc1C(=O)O. The summed E-state index contributed by atoms with van der Waals surface area (Å²) in [6.45, 7) is 8.96. The van der Waals surface area contributed by atoms with Gasteiger partial charge >= 0.3 is 12.0 Å². The first kappa shape index (κ1) is 16.0. The third-order valence-electron chi connectivity index (χ3n) is 2.99. The fourth-order valence-corrected chi connectivity index (χ4v) is 1.99. The molecular weight excluding hydrogens is 256 g/mol. The monoisotopic (exact) mass is 278 g/mol. The Hall–Kier alpha value is -2.04. The fraction of sp³-hybridized carbons (Fsp3) is 0.467. The van der Waals surface area contributed by atoms with E-state index >= 15 is 0 Å². The summed E-state index contributed by atoms with van der Waals surface area (Å²) >= 11 is 0. The number of benzene rings is 1. The van der Waals surface area contributed by atoms with E-state index in [1.807, 2.05) is 20.8 Å². The molecule has 2 N–H and O–H groups in total. The van der Waals surface area contributed by atoms with E-state index < -0.39 is 5.97 Å². The summed E-state index contributed by atoms with van der Waals surface area (Å²) in [5.41, 5.74) is 1.21. The third-order valence-corrected chi connectivity index (χ3v) is 2.99. The van der Waals surface area contributed by atoms with Crippen molar-refractivity contribution in [2.75, 3.05) is 18.4 Å². The van der Waals surface area contributed by atoms with Crippen LogP contribution in [0.1, 0.15) is 36.7 Å². The second-order valence-electron chi connectivity index (χ2n) is 5.17. The molecule has 0 radical (unpaired) electrons. The molecule has 0 fully saturated rings. The maximum atomic E-state index is 12.2. The van der Waals surface area contributed by atoms with Crippen molar-refractivity contribution in [2.24, 2.45) is 5.92 Å². The molecule has 5 nitrogen and oxygen atoms in total. The van der Waals surface area contributed by atoms with Crippen LogP contribution in [-0.2, 0) is 0 Å². The van der Waals surface area contributed by atoms with Crippen LogP contribution in [0.5, 0.6) is 0 Å². The van der Waals surface area contributed by atoms with Gasteiger partial charge in [-0.25, -0.2) is 9.59 Å². The molecule has 0 aliphatic rings. The number of carbonyl (C=O) groups is 2. The van der Waals surface area contributed by atoms with E-state index in [1.54, 1.807) is 24.0 Å². The van der Waals surface area contributed by atoms with Gasteiger partial charge in [-0.1, -0.05) is 26.0 Å². The molecule has 0 unspecified atom stereocenters. The fourth-order valence-electron chi connectivity index (χ4n) is 1.99. The molecule has 0 bridgehead atoms. The van der Waals surface area contributed by atoms with E-state index in [2.05, 4.69) is 5.32 Å². The molecule has 110 valence electrons. The highest BCUT2D eigenvalue weighted by atomic mass is 16.4. The minimum atomic E-state index is -1.05. The van der Waals surface area contributed by atoms with Crippen LogP contribution in [0, 0.1) is 12.8 Å². The number of amides is 2. The van der Waals surface area contributed by atoms with Crippen molar-refractivity contribution >= 4 is 17.7 Å². The summed E-state index contributed by atoms with van der Waals surface area (Å²) in [7, 11) is 0. The summed E-state index contributed by atoms with van der Waals surface area (Å²) in [6, 6.07) is 4.67. The van der Waals surface area contributed by atoms with Crippen molar-refractivity contribution in [1.82, 2.24) is 4.90 Å². The zero-order chi connectivity index (χ0) is 15.3. The van der Waals surface area contributed by atoms with Crippen LogP contribution in [0.15, 0.2) is 18.2 Å². The van der Waals surface area contributed by atoms with Crippen LogP contribution in [-0.4, -0.2) is 35.1 Å². The van der Waals surface area contributed by atoms with Gasteiger partial charge in [-0.05, 0) is 31.4 Å². The van der Waals surface area contributed by atoms with Gasteiger partial charge in [0, 0.05) is 13.1 Å². The molecule has 1 rings (SSSR count). The van der Waals surface area contributed by atoms with Crippen LogP contribution in [0.2, 0.25) is 0 Å². The average Bonchev–Trinajstić information content (AvgIpc) is 2.37. The molecule has 20 heavy (non-hydrogen) atoms. The lowest BCUT2D eigenvalue weighted by atomic mass is 10.1. The number of carboxylic acid groups (broad SMARTS) is 1. The van der Waals surface area contributed by atoms with Crippen molar-refractivity contribution in [3.63, 3.8) is 0 Å². The Balaban J connectivity index is 2.97. The molecule has 0 atom stereocenters. The number of nitrogens with one attached hydrogen (secondary N) is 1. The summed E-state index contributed by atoms with van der Waals surface area (Å²) in [6.07, 6.45) is 0. The Bertz CT molecular complexity index is 498. The molecule has 0 saturated heterocycles. The average molecular weight is 278 g/mol. The normalized spacial score (nSPS) is 10.4. The number of aryl methyl sites for hydroxylation is 1. The van der Waals surface area contributed by atoms with Gasteiger partial charge in [0.05, 0.1) is 11.3 Å². The molecule has 2 amide bonds. The Labute approximate surface area is 119 Å². The molecule has 0 aromatic heterocycles. The standard InChI is InChI=1S/C15H22N2O3/c1-5-17(9-10(2)3)15(20)16-13-11(4)7-6-8-12(13)14(18)19/h6-8,10H,5,9H2,1-4H3,(H,16,20)(H,18,19).